The molecule has 1 unspecified atom stereocenters. The van der Waals surface area contributed by atoms with Crippen molar-refractivity contribution in [1.82, 2.24) is 5.32 Å². The summed E-state index contributed by atoms with van der Waals surface area (Å²) >= 11 is 5.89. The van der Waals surface area contributed by atoms with E-state index in [-0.39, 0.29) is 6.10 Å². The average molecular weight is 242 g/mol. The van der Waals surface area contributed by atoms with Crippen LogP contribution < -0.4 is 5.32 Å². The standard InChI is InChI=1S/C13H20ClNO/c1-3-13(16)6-7-15-9-11-4-5-12(14)8-10(11)2/h4-5,8,13,15-16H,3,6-7,9H2,1-2H3. The van der Waals surface area contributed by atoms with Crippen LogP contribution in [0.15, 0.2) is 18.2 Å². The van der Waals surface area contributed by atoms with Crippen LogP contribution in [0.3, 0.4) is 0 Å². The zero-order valence-corrected chi connectivity index (χ0v) is 10.7. The van der Waals surface area contributed by atoms with Gasteiger partial charge in [0, 0.05) is 11.6 Å². The largest absolute Gasteiger partial charge is 0.393 e. The number of aliphatic hydroxyl groups excluding tert-OH is 1. The average Bonchev–Trinajstić information content (AvgIpc) is 2.26. The first kappa shape index (κ1) is 13.5. The van der Waals surface area contributed by atoms with Crippen molar-refractivity contribution in [2.75, 3.05) is 6.54 Å². The molecule has 90 valence electrons. The first-order valence-corrected chi connectivity index (χ1v) is 6.15. The number of halogens is 1. The number of hydrogen-bond donors (Lipinski definition) is 2. The molecule has 0 spiro atoms. The lowest BCUT2D eigenvalue weighted by Gasteiger charge is -2.10. The van der Waals surface area contributed by atoms with Crippen LogP contribution in [-0.4, -0.2) is 17.8 Å². The second-order valence-corrected chi connectivity index (χ2v) is 4.53. The molecule has 3 heteroatoms. The molecule has 0 radical (unpaired) electrons. The van der Waals surface area contributed by atoms with Crippen molar-refractivity contribution in [3.63, 3.8) is 0 Å². The molecule has 1 rings (SSSR count). The summed E-state index contributed by atoms with van der Waals surface area (Å²) in [7, 11) is 0. The van der Waals surface area contributed by atoms with E-state index >= 15 is 0 Å². The van der Waals surface area contributed by atoms with Crippen LogP contribution in [0.4, 0.5) is 0 Å². The minimum atomic E-state index is -0.182. The highest BCUT2D eigenvalue weighted by Gasteiger charge is 2.01. The maximum absolute atomic E-state index is 9.39. The fraction of sp³-hybridized carbons (Fsp3) is 0.538. The number of hydrogen-bond acceptors (Lipinski definition) is 2. The zero-order chi connectivity index (χ0) is 12.0. The molecule has 2 N–H and O–H groups in total. The van der Waals surface area contributed by atoms with Gasteiger partial charge in [0.15, 0.2) is 0 Å². The highest BCUT2D eigenvalue weighted by atomic mass is 35.5. The summed E-state index contributed by atoms with van der Waals surface area (Å²) in [5.41, 5.74) is 2.46. The van der Waals surface area contributed by atoms with Crippen molar-refractivity contribution in [3.8, 4) is 0 Å². The van der Waals surface area contributed by atoms with E-state index in [1.807, 2.05) is 25.1 Å². The fourth-order valence-corrected chi connectivity index (χ4v) is 1.78. The van der Waals surface area contributed by atoms with Gasteiger partial charge in [0.05, 0.1) is 6.10 Å². The summed E-state index contributed by atoms with van der Waals surface area (Å²) in [5.74, 6) is 0. The van der Waals surface area contributed by atoms with Crippen molar-refractivity contribution in [3.05, 3.63) is 34.3 Å². The molecule has 0 saturated carbocycles. The summed E-state index contributed by atoms with van der Waals surface area (Å²) in [6, 6.07) is 5.92. The van der Waals surface area contributed by atoms with Crippen LogP contribution >= 0.6 is 11.6 Å². The lowest BCUT2D eigenvalue weighted by atomic mass is 10.1. The molecular formula is C13H20ClNO. The van der Waals surface area contributed by atoms with E-state index in [1.54, 1.807) is 0 Å². The fourth-order valence-electron chi connectivity index (χ4n) is 1.55. The third-order valence-corrected chi connectivity index (χ3v) is 2.98. The lowest BCUT2D eigenvalue weighted by molar-refractivity contribution is 0.159. The van der Waals surface area contributed by atoms with Crippen molar-refractivity contribution in [1.29, 1.82) is 0 Å². The molecule has 0 amide bonds. The number of aliphatic hydroxyl groups is 1. The van der Waals surface area contributed by atoms with Crippen molar-refractivity contribution in [2.45, 2.75) is 39.3 Å². The molecular weight excluding hydrogens is 222 g/mol. The highest BCUT2D eigenvalue weighted by molar-refractivity contribution is 6.30. The Morgan fingerprint density at radius 3 is 2.81 bits per heavy atom. The van der Waals surface area contributed by atoms with Crippen molar-refractivity contribution >= 4 is 11.6 Å². The summed E-state index contributed by atoms with van der Waals surface area (Å²) in [4.78, 5) is 0. The Morgan fingerprint density at radius 1 is 1.44 bits per heavy atom. The van der Waals surface area contributed by atoms with Crippen molar-refractivity contribution in [2.24, 2.45) is 0 Å². The van der Waals surface area contributed by atoms with Crippen molar-refractivity contribution < 1.29 is 5.11 Å². The molecule has 0 aliphatic heterocycles. The van der Waals surface area contributed by atoms with Gasteiger partial charge in [-0.2, -0.15) is 0 Å². The SMILES string of the molecule is CCC(O)CCNCc1ccc(Cl)cc1C. The normalized spacial score (nSPS) is 12.8. The molecule has 0 aliphatic carbocycles. The molecule has 1 atom stereocenters. The van der Waals surface area contributed by atoms with Crippen LogP contribution in [0.1, 0.15) is 30.9 Å². The Balaban J connectivity index is 2.32. The topological polar surface area (TPSA) is 32.3 Å². The number of rotatable bonds is 6. The maximum Gasteiger partial charge on any atom is 0.0549 e. The third-order valence-electron chi connectivity index (χ3n) is 2.75. The van der Waals surface area contributed by atoms with Gasteiger partial charge in [-0.1, -0.05) is 24.6 Å². The molecule has 0 bridgehead atoms. The van der Waals surface area contributed by atoms with Crippen LogP contribution in [0.2, 0.25) is 5.02 Å². The van der Waals surface area contributed by atoms with Crippen LogP contribution in [-0.2, 0) is 6.54 Å². The smallest absolute Gasteiger partial charge is 0.0549 e. The maximum atomic E-state index is 9.39. The van der Waals surface area contributed by atoms with E-state index in [0.717, 1.165) is 31.0 Å². The van der Waals surface area contributed by atoms with Crippen LogP contribution in [0, 0.1) is 6.92 Å². The van der Waals surface area contributed by atoms with E-state index in [9.17, 15) is 5.11 Å². The Hall–Kier alpha value is -0.570. The van der Waals surface area contributed by atoms with Gasteiger partial charge in [-0.05, 0) is 49.6 Å². The Morgan fingerprint density at radius 2 is 2.19 bits per heavy atom. The predicted octanol–water partition coefficient (Wildman–Crippen LogP) is 2.90. The molecule has 16 heavy (non-hydrogen) atoms. The minimum Gasteiger partial charge on any atom is -0.393 e. The zero-order valence-electron chi connectivity index (χ0n) is 9.96. The second kappa shape index (κ2) is 6.89. The van der Waals surface area contributed by atoms with E-state index in [2.05, 4.69) is 12.2 Å². The highest BCUT2D eigenvalue weighted by Crippen LogP contribution is 2.14. The van der Waals surface area contributed by atoms with Gasteiger partial charge in [0.1, 0.15) is 0 Å². The van der Waals surface area contributed by atoms with E-state index in [4.69, 9.17) is 11.6 Å². The van der Waals surface area contributed by atoms with Gasteiger partial charge < -0.3 is 10.4 Å². The predicted molar refractivity (Wildman–Crippen MR) is 68.8 cm³/mol. The number of nitrogens with one attached hydrogen (secondary N) is 1. The van der Waals surface area contributed by atoms with Gasteiger partial charge >= 0.3 is 0 Å². The third kappa shape index (κ3) is 4.52. The molecule has 2 nitrogen and oxygen atoms in total. The Labute approximate surface area is 103 Å². The summed E-state index contributed by atoms with van der Waals surface area (Å²) in [5, 5.41) is 13.5. The molecule has 0 heterocycles. The monoisotopic (exact) mass is 241 g/mol. The molecule has 0 aromatic heterocycles. The Kier molecular flexibility index (Phi) is 5.81. The molecule has 0 aliphatic rings. The van der Waals surface area contributed by atoms with Crippen LogP contribution in [0.5, 0.6) is 0 Å². The molecule has 1 aromatic carbocycles. The molecule has 0 fully saturated rings. The molecule has 0 saturated heterocycles. The first-order chi connectivity index (χ1) is 7.63. The van der Waals surface area contributed by atoms with Gasteiger partial charge in [-0.25, -0.2) is 0 Å². The summed E-state index contributed by atoms with van der Waals surface area (Å²) in [6.45, 7) is 5.73. The van der Waals surface area contributed by atoms with E-state index in [0.29, 0.717) is 0 Å². The lowest BCUT2D eigenvalue weighted by Crippen LogP contribution is -2.20. The second-order valence-electron chi connectivity index (χ2n) is 4.10. The van der Waals surface area contributed by atoms with Gasteiger partial charge in [-0.15, -0.1) is 0 Å². The van der Waals surface area contributed by atoms with Crippen LogP contribution in [0.25, 0.3) is 0 Å². The summed E-state index contributed by atoms with van der Waals surface area (Å²) < 4.78 is 0. The minimum absolute atomic E-state index is 0.182. The quantitative estimate of drug-likeness (QED) is 0.751. The summed E-state index contributed by atoms with van der Waals surface area (Å²) in [6.07, 6.45) is 1.45. The number of benzene rings is 1. The van der Waals surface area contributed by atoms with Gasteiger partial charge in [0.2, 0.25) is 0 Å². The first-order valence-electron chi connectivity index (χ1n) is 5.77. The molecule has 1 aromatic rings. The van der Waals surface area contributed by atoms with Gasteiger partial charge in [-0.3, -0.25) is 0 Å². The number of aryl methyl sites for hydroxylation is 1. The van der Waals surface area contributed by atoms with E-state index in [1.165, 1.54) is 11.1 Å². The van der Waals surface area contributed by atoms with Gasteiger partial charge in [0.25, 0.3) is 0 Å². The Bertz CT molecular complexity index is 328. The van der Waals surface area contributed by atoms with E-state index < -0.39 is 0 Å².